The summed E-state index contributed by atoms with van der Waals surface area (Å²) in [5, 5.41) is 0. The van der Waals surface area contributed by atoms with Crippen molar-refractivity contribution >= 4 is 0 Å². The van der Waals surface area contributed by atoms with Crippen LogP contribution in [0.1, 0.15) is 23.1 Å². The first-order valence-corrected chi connectivity index (χ1v) is 5.03. The van der Waals surface area contributed by atoms with Crippen LogP contribution >= 0.6 is 0 Å². The summed E-state index contributed by atoms with van der Waals surface area (Å²) < 4.78 is 5.19. The van der Waals surface area contributed by atoms with Crippen molar-refractivity contribution in [3.8, 4) is 0 Å². The molecule has 0 fully saturated rings. The highest BCUT2D eigenvalue weighted by molar-refractivity contribution is 5.40. The van der Waals surface area contributed by atoms with Gasteiger partial charge in [-0.15, -0.1) is 0 Å². The average Bonchev–Trinajstić information content (AvgIpc) is 2.44. The van der Waals surface area contributed by atoms with Crippen LogP contribution in [-0.2, 0) is 16.7 Å². The molecule has 2 N–H and O–H groups in total. The lowest BCUT2D eigenvalue weighted by molar-refractivity contribution is 0.132. The first kappa shape index (κ1) is 9.69. The van der Waals surface area contributed by atoms with Crippen LogP contribution in [0.15, 0.2) is 18.2 Å². The highest BCUT2D eigenvalue weighted by Gasteiger charge is 2.34. The lowest BCUT2D eigenvalue weighted by atomic mass is 9.93. The molecule has 0 aliphatic heterocycles. The van der Waals surface area contributed by atoms with Gasteiger partial charge in [0.2, 0.25) is 0 Å². The minimum atomic E-state index is -0.252. The van der Waals surface area contributed by atoms with Gasteiger partial charge >= 0.3 is 0 Å². The molecule has 0 saturated heterocycles. The van der Waals surface area contributed by atoms with Gasteiger partial charge in [0.05, 0.1) is 12.1 Å². The van der Waals surface area contributed by atoms with Crippen molar-refractivity contribution in [1.82, 2.24) is 0 Å². The van der Waals surface area contributed by atoms with Crippen molar-refractivity contribution in [2.45, 2.75) is 25.3 Å². The molecule has 1 unspecified atom stereocenters. The maximum atomic E-state index is 6.31. The van der Waals surface area contributed by atoms with Gasteiger partial charge in [0.1, 0.15) is 0 Å². The van der Waals surface area contributed by atoms with Gasteiger partial charge in [0.15, 0.2) is 0 Å². The van der Waals surface area contributed by atoms with E-state index in [4.69, 9.17) is 10.5 Å². The minimum absolute atomic E-state index is 0.252. The summed E-state index contributed by atoms with van der Waals surface area (Å²) >= 11 is 0. The van der Waals surface area contributed by atoms with Crippen LogP contribution < -0.4 is 5.73 Å². The molecule has 1 atom stereocenters. The summed E-state index contributed by atoms with van der Waals surface area (Å²) in [6, 6.07) is 6.51. The zero-order valence-corrected chi connectivity index (χ0v) is 8.84. The van der Waals surface area contributed by atoms with E-state index < -0.39 is 0 Å². The molecule has 0 amide bonds. The summed E-state index contributed by atoms with van der Waals surface area (Å²) in [6.07, 6.45) is 2.08. The SMILES string of the molecule is COCC1(N)CCc2cc(C)ccc21. The third-order valence-corrected chi connectivity index (χ3v) is 3.04. The topological polar surface area (TPSA) is 35.2 Å². The molecule has 1 aromatic rings. The van der Waals surface area contributed by atoms with Crippen LogP contribution in [-0.4, -0.2) is 13.7 Å². The van der Waals surface area contributed by atoms with Crippen LogP contribution in [0.2, 0.25) is 0 Å². The number of fused-ring (bicyclic) bond motifs is 1. The third-order valence-electron chi connectivity index (χ3n) is 3.04. The van der Waals surface area contributed by atoms with Crippen LogP contribution in [0.3, 0.4) is 0 Å². The van der Waals surface area contributed by atoms with Crippen molar-refractivity contribution in [1.29, 1.82) is 0 Å². The van der Waals surface area contributed by atoms with Gasteiger partial charge in [-0.1, -0.05) is 23.8 Å². The van der Waals surface area contributed by atoms with E-state index >= 15 is 0 Å². The Bertz CT molecular complexity index is 348. The van der Waals surface area contributed by atoms with Crippen molar-refractivity contribution in [2.75, 3.05) is 13.7 Å². The Morgan fingerprint density at radius 3 is 3.00 bits per heavy atom. The predicted octanol–water partition coefficient (Wildman–Crippen LogP) is 1.74. The highest BCUT2D eigenvalue weighted by atomic mass is 16.5. The number of ether oxygens (including phenoxy) is 1. The summed E-state index contributed by atoms with van der Waals surface area (Å²) in [4.78, 5) is 0. The molecule has 2 heteroatoms. The van der Waals surface area contributed by atoms with E-state index in [1.807, 2.05) is 0 Å². The largest absolute Gasteiger partial charge is 0.382 e. The Labute approximate surface area is 85.1 Å². The van der Waals surface area contributed by atoms with E-state index in [9.17, 15) is 0 Å². The maximum Gasteiger partial charge on any atom is 0.0684 e. The Morgan fingerprint density at radius 2 is 2.29 bits per heavy atom. The second-order valence-electron chi connectivity index (χ2n) is 4.25. The van der Waals surface area contributed by atoms with Crippen LogP contribution in [0, 0.1) is 6.92 Å². The molecule has 14 heavy (non-hydrogen) atoms. The Hall–Kier alpha value is -0.860. The van der Waals surface area contributed by atoms with Crippen LogP contribution in [0.25, 0.3) is 0 Å². The summed E-state index contributed by atoms with van der Waals surface area (Å²) in [7, 11) is 1.71. The Balaban J connectivity index is 2.39. The van der Waals surface area contributed by atoms with E-state index in [1.54, 1.807) is 7.11 Å². The first-order chi connectivity index (χ1) is 6.65. The maximum absolute atomic E-state index is 6.31. The number of benzene rings is 1. The molecule has 0 aromatic heterocycles. The van der Waals surface area contributed by atoms with Gasteiger partial charge in [-0.25, -0.2) is 0 Å². The molecule has 2 nitrogen and oxygen atoms in total. The second kappa shape index (κ2) is 3.37. The number of aryl methyl sites for hydroxylation is 2. The van der Waals surface area contributed by atoms with E-state index in [0.717, 1.165) is 12.8 Å². The second-order valence-corrected chi connectivity index (χ2v) is 4.25. The van der Waals surface area contributed by atoms with Crippen molar-refractivity contribution in [3.05, 3.63) is 34.9 Å². The molecular weight excluding hydrogens is 174 g/mol. The van der Waals surface area contributed by atoms with E-state index in [2.05, 4.69) is 25.1 Å². The fraction of sp³-hybridized carbons (Fsp3) is 0.500. The van der Waals surface area contributed by atoms with Gasteiger partial charge in [0, 0.05) is 7.11 Å². The van der Waals surface area contributed by atoms with Crippen molar-refractivity contribution < 1.29 is 4.74 Å². The van der Waals surface area contributed by atoms with E-state index in [0.29, 0.717) is 6.61 Å². The molecule has 0 radical (unpaired) electrons. The fourth-order valence-electron chi connectivity index (χ4n) is 2.31. The molecule has 0 heterocycles. The zero-order chi connectivity index (χ0) is 10.2. The molecule has 1 aliphatic carbocycles. The van der Waals surface area contributed by atoms with E-state index in [1.165, 1.54) is 16.7 Å². The minimum Gasteiger partial charge on any atom is -0.382 e. The van der Waals surface area contributed by atoms with Gasteiger partial charge in [0.25, 0.3) is 0 Å². The quantitative estimate of drug-likeness (QED) is 0.772. The van der Waals surface area contributed by atoms with E-state index in [-0.39, 0.29) is 5.54 Å². The Kier molecular flexibility index (Phi) is 2.33. The highest BCUT2D eigenvalue weighted by Crippen LogP contribution is 2.35. The molecular formula is C12H17NO. The smallest absolute Gasteiger partial charge is 0.0684 e. The lowest BCUT2D eigenvalue weighted by Crippen LogP contribution is -2.38. The number of methoxy groups -OCH3 is 1. The van der Waals surface area contributed by atoms with Gasteiger partial charge in [-0.3, -0.25) is 0 Å². The molecule has 0 bridgehead atoms. The molecule has 1 aliphatic rings. The average molecular weight is 191 g/mol. The number of hydrogen-bond acceptors (Lipinski definition) is 2. The van der Waals surface area contributed by atoms with Gasteiger partial charge < -0.3 is 10.5 Å². The zero-order valence-electron chi connectivity index (χ0n) is 8.84. The lowest BCUT2D eigenvalue weighted by Gasteiger charge is -2.24. The molecule has 0 saturated carbocycles. The van der Waals surface area contributed by atoms with Crippen molar-refractivity contribution in [2.24, 2.45) is 5.73 Å². The van der Waals surface area contributed by atoms with Gasteiger partial charge in [-0.05, 0) is 30.9 Å². The van der Waals surface area contributed by atoms with Crippen LogP contribution in [0.4, 0.5) is 0 Å². The standard InChI is InChI=1S/C12H17NO/c1-9-3-4-11-10(7-9)5-6-12(11,13)8-14-2/h3-4,7H,5-6,8,13H2,1-2H3. The number of rotatable bonds is 2. The summed E-state index contributed by atoms with van der Waals surface area (Å²) in [6.45, 7) is 2.73. The molecule has 0 spiro atoms. The molecule has 2 rings (SSSR count). The number of hydrogen-bond donors (Lipinski definition) is 1. The monoisotopic (exact) mass is 191 g/mol. The van der Waals surface area contributed by atoms with Crippen LogP contribution in [0.5, 0.6) is 0 Å². The van der Waals surface area contributed by atoms with Crippen molar-refractivity contribution in [3.63, 3.8) is 0 Å². The first-order valence-electron chi connectivity index (χ1n) is 5.03. The fourth-order valence-corrected chi connectivity index (χ4v) is 2.31. The molecule has 1 aromatic carbocycles. The predicted molar refractivity (Wildman–Crippen MR) is 57.2 cm³/mol. The summed E-state index contributed by atoms with van der Waals surface area (Å²) in [5.74, 6) is 0. The third kappa shape index (κ3) is 1.45. The normalized spacial score (nSPS) is 25.1. The van der Waals surface area contributed by atoms with Gasteiger partial charge in [-0.2, -0.15) is 0 Å². The number of nitrogens with two attached hydrogens (primary N) is 1. The molecule has 76 valence electrons. The summed E-state index contributed by atoms with van der Waals surface area (Å²) in [5.41, 5.74) is 10.0. The Morgan fingerprint density at radius 1 is 1.50 bits per heavy atom.